The van der Waals surface area contributed by atoms with Gasteiger partial charge in [0.05, 0.1) is 15.1 Å². The Kier molecular flexibility index (Phi) is 4.77. The van der Waals surface area contributed by atoms with Crippen molar-refractivity contribution in [1.29, 1.82) is 0 Å². The molecule has 0 radical (unpaired) electrons. The lowest BCUT2D eigenvalue weighted by atomic mass is 10.3. The van der Waals surface area contributed by atoms with Crippen molar-refractivity contribution in [3.8, 4) is 5.75 Å². The standard InChI is InChI=1S/C17H16N4O4S2/c1-19-6-8-20(9-7-19)17-18-12-3-2-11(10-14(12)27-17)25-16(22)13-4-5-15(26-13)21(23)24/h2-5,10H,6-9H2,1H3. The number of fused-ring (bicyclic) bond motifs is 1. The van der Waals surface area contributed by atoms with Crippen LogP contribution >= 0.6 is 22.7 Å². The highest BCUT2D eigenvalue weighted by Gasteiger charge is 2.19. The van der Waals surface area contributed by atoms with E-state index in [1.54, 1.807) is 23.5 Å². The maximum Gasteiger partial charge on any atom is 0.353 e. The Morgan fingerprint density at radius 1 is 1.19 bits per heavy atom. The smallest absolute Gasteiger partial charge is 0.353 e. The predicted octanol–water partition coefficient (Wildman–Crippen LogP) is 3.24. The molecule has 0 bridgehead atoms. The van der Waals surface area contributed by atoms with Crippen LogP contribution in [0, 0.1) is 10.1 Å². The van der Waals surface area contributed by atoms with Gasteiger partial charge >= 0.3 is 11.0 Å². The van der Waals surface area contributed by atoms with Crippen LogP contribution < -0.4 is 9.64 Å². The Labute approximate surface area is 162 Å². The molecule has 0 unspecified atom stereocenters. The molecule has 1 saturated heterocycles. The number of hydrogen-bond donors (Lipinski definition) is 0. The molecule has 1 fully saturated rings. The third-order valence-electron chi connectivity index (χ3n) is 4.31. The van der Waals surface area contributed by atoms with E-state index in [0.717, 1.165) is 52.9 Å². The minimum absolute atomic E-state index is 0.0864. The molecular weight excluding hydrogens is 388 g/mol. The van der Waals surface area contributed by atoms with E-state index in [1.165, 1.54) is 12.1 Å². The quantitative estimate of drug-likeness (QED) is 0.285. The number of piperazine rings is 1. The number of benzene rings is 1. The average Bonchev–Trinajstić information content (AvgIpc) is 3.29. The summed E-state index contributed by atoms with van der Waals surface area (Å²) in [5.74, 6) is -0.201. The number of nitrogens with zero attached hydrogens (tertiary/aromatic N) is 4. The van der Waals surface area contributed by atoms with E-state index in [9.17, 15) is 14.9 Å². The molecule has 1 aromatic carbocycles. The summed E-state index contributed by atoms with van der Waals surface area (Å²) in [7, 11) is 2.11. The van der Waals surface area contributed by atoms with Crippen LogP contribution in [-0.2, 0) is 0 Å². The molecule has 2 aromatic heterocycles. The van der Waals surface area contributed by atoms with Gasteiger partial charge < -0.3 is 14.5 Å². The molecule has 1 aliphatic heterocycles. The number of hydrogen-bond acceptors (Lipinski definition) is 9. The molecule has 0 amide bonds. The number of rotatable bonds is 4. The van der Waals surface area contributed by atoms with E-state index >= 15 is 0 Å². The van der Waals surface area contributed by atoms with Gasteiger partial charge in [0.2, 0.25) is 0 Å². The molecule has 0 saturated carbocycles. The van der Waals surface area contributed by atoms with Gasteiger partial charge in [0, 0.05) is 38.3 Å². The highest BCUT2D eigenvalue weighted by molar-refractivity contribution is 7.22. The zero-order chi connectivity index (χ0) is 19.0. The molecule has 10 heteroatoms. The minimum Gasteiger partial charge on any atom is -0.422 e. The lowest BCUT2D eigenvalue weighted by Crippen LogP contribution is -2.44. The lowest BCUT2D eigenvalue weighted by Gasteiger charge is -2.31. The zero-order valence-electron chi connectivity index (χ0n) is 14.5. The van der Waals surface area contributed by atoms with Gasteiger partial charge in [-0.1, -0.05) is 22.7 Å². The second-order valence-electron chi connectivity index (χ2n) is 6.20. The minimum atomic E-state index is -0.601. The Morgan fingerprint density at radius 3 is 2.67 bits per heavy atom. The van der Waals surface area contributed by atoms with Crippen LogP contribution in [0.5, 0.6) is 5.75 Å². The Morgan fingerprint density at radius 2 is 1.96 bits per heavy atom. The SMILES string of the molecule is CN1CCN(c2nc3ccc(OC(=O)c4ccc([N+](=O)[O-])s4)cc3s2)CC1. The van der Waals surface area contributed by atoms with Gasteiger partial charge in [0.1, 0.15) is 10.6 Å². The molecule has 0 N–H and O–H groups in total. The molecule has 0 aliphatic carbocycles. The molecule has 27 heavy (non-hydrogen) atoms. The number of carbonyl (C=O) groups excluding carboxylic acids is 1. The van der Waals surface area contributed by atoms with E-state index in [0.29, 0.717) is 5.75 Å². The number of esters is 1. The number of carbonyl (C=O) groups is 1. The van der Waals surface area contributed by atoms with Gasteiger partial charge in [0.15, 0.2) is 5.13 Å². The van der Waals surface area contributed by atoms with Crippen LogP contribution in [0.15, 0.2) is 30.3 Å². The summed E-state index contributed by atoms with van der Waals surface area (Å²) in [4.78, 5) is 31.9. The molecule has 0 atom stereocenters. The number of anilines is 1. The summed E-state index contributed by atoms with van der Waals surface area (Å²) in [6.07, 6.45) is 0. The molecule has 3 aromatic rings. The Bertz CT molecular complexity index is 1010. The highest BCUT2D eigenvalue weighted by atomic mass is 32.1. The van der Waals surface area contributed by atoms with Crippen molar-refractivity contribution in [2.75, 3.05) is 38.1 Å². The second-order valence-corrected chi connectivity index (χ2v) is 8.27. The van der Waals surface area contributed by atoms with Gasteiger partial charge in [0.25, 0.3) is 0 Å². The van der Waals surface area contributed by atoms with Crippen molar-refractivity contribution in [2.45, 2.75) is 0 Å². The normalized spacial score (nSPS) is 15.2. The van der Waals surface area contributed by atoms with E-state index in [2.05, 4.69) is 21.8 Å². The first-order valence-electron chi connectivity index (χ1n) is 8.30. The number of thiophene rings is 1. The monoisotopic (exact) mass is 404 g/mol. The Hall–Kier alpha value is -2.56. The van der Waals surface area contributed by atoms with Gasteiger partial charge in [-0.15, -0.1) is 0 Å². The van der Waals surface area contributed by atoms with Crippen LogP contribution in [0.25, 0.3) is 10.2 Å². The summed E-state index contributed by atoms with van der Waals surface area (Å²) in [6.45, 7) is 3.89. The number of thiazole rings is 1. The van der Waals surface area contributed by atoms with Gasteiger partial charge in [-0.2, -0.15) is 0 Å². The molecule has 8 nitrogen and oxygen atoms in total. The lowest BCUT2D eigenvalue weighted by molar-refractivity contribution is -0.380. The van der Waals surface area contributed by atoms with Gasteiger partial charge in [-0.3, -0.25) is 10.1 Å². The van der Waals surface area contributed by atoms with Crippen LogP contribution in [0.1, 0.15) is 9.67 Å². The molecule has 3 heterocycles. The van der Waals surface area contributed by atoms with Crippen molar-refractivity contribution >= 4 is 49.0 Å². The van der Waals surface area contributed by atoms with Gasteiger partial charge in [-0.25, -0.2) is 9.78 Å². The third kappa shape index (κ3) is 3.77. The van der Waals surface area contributed by atoms with Crippen molar-refractivity contribution in [3.63, 3.8) is 0 Å². The van der Waals surface area contributed by atoms with Crippen molar-refractivity contribution < 1.29 is 14.5 Å². The maximum atomic E-state index is 12.2. The summed E-state index contributed by atoms with van der Waals surface area (Å²) in [5.41, 5.74) is 0.862. The molecule has 4 rings (SSSR count). The largest absolute Gasteiger partial charge is 0.422 e. The molecule has 0 spiro atoms. The fourth-order valence-electron chi connectivity index (χ4n) is 2.78. The first kappa shape index (κ1) is 17.8. The summed E-state index contributed by atoms with van der Waals surface area (Å²) >= 11 is 2.37. The van der Waals surface area contributed by atoms with E-state index in [-0.39, 0.29) is 9.88 Å². The van der Waals surface area contributed by atoms with Crippen LogP contribution in [0.3, 0.4) is 0 Å². The third-order valence-corrected chi connectivity index (χ3v) is 6.40. The van der Waals surface area contributed by atoms with E-state index in [1.807, 2.05) is 6.07 Å². The van der Waals surface area contributed by atoms with Crippen LogP contribution in [-0.4, -0.2) is 54.0 Å². The summed E-state index contributed by atoms with van der Waals surface area (Å²) < 4.78 is 6.31. The van der Waals surface area contributed by atoms with Crippen molar-refractivity contribution in [3.05, 3.63) is 45.3 Å². The molecule has 1 aliphatic rings. The average molecular weight is 404 g/mol. The Balaban J connectivity index is 1.51. The second kappa shape index (κ2) is 7.22. The zero-order valence-corrected chi connectivity index (χ0v) is 16.1. The van der Waals surface area contributed by atoms with Crippen molar-refractivity contribution in [1.82, 2.24) is 9.88 Å². The van der Waals surface area contributed by atoms with Crippen LogP contribution in [0.4, 0.5) is 10.1 Å². The predicted molar refractivity (Wildman–Crippen MR) is 105 cm³/mol. The number of nitro groups is 1. The summed E-state index contributed by atoms with van der Waals surface area (Å²) in [6, 6.07) is 8.00. The van der Waals surface area contributed by atoms with Gasteiger partial charge in [-0.05, 0) is 25.2 Å². The number of aromatic nitrogens is 1. The first-order valence-corrected chi connectivity index (χ1v) is 9.93. The highest BCUT2D eigenvalue weighted by Crippen LogP contribution is 2.32. The first-order chi connectivity index (χ1) is 13.0. The number of likely N-dealkylation sites (N-methyl/N-ethyl adjacent to an activating group) is 1. The van der Waals surface area contributed by atoms with Crippen LogP contribution in [0.2, 0.25) is 0 Å². The molecular formula is C17H16N4O4S2. The fourth-order valence-corrected chi connectivity index (χ4v) is 4.52. The van der Waals surface area contributed by atoms with E-state index < -0.39 is 10.9 Å². The molecule has 140 valence electrons. The van der Waals surface area contributed by atoms with E-state index in [4.69, 9.17) is 4.74 Å². The topological polar surface area (TPSA) is 88.8 Å². The van der Waals surface area contributed by atoms with Crippen molar-refractivity contribution in [2.24, 2.45) is 0 Å². The fraction of sp³-hybridized carbons (Fsp3) is 0.294. The maximum absolute atomic E-state index is 12.2. The number of ether oxygens (including phenoxy) is 1. The summed E-state index contributed by atoms with van der Waals surface area (Å²) in [5, 5.41) is 11.6.